The van der Waals surface area contributed by atoms with Crippen molar-refractivity contribution in [2.24, 2.45) is 5.73 Å². The molecular formula is C10H20ClN3O2S. The highest BCUT2D eigenvalue weighted by molar-refractivity contribution is 7.89. The lowest BCUT2D eigenvalue weighted by Crippen LogP contribution is -2.52. The number of sulfonamides is 1. The predicted molar refractivity (Wildman–Crippen MR) is 69.3 cm³/mol. The largest absolute Gasteiger partial charge is 0.329 e. The lowest BCUT2D eigenvalue weighted by Gasteiger charge is -2.28. The van der Waals surface area contributed by atoms with Gasteiger partial charge in [0.05, 0.1) is 11.8 Å². The van der Waals surface area contributed by atoms with E-state index in [0.29, 0.717) is 13.0 Å². The molecule has 1 fully saturated rings. The monoisotopic (exact) mass is 281 g/mol. The van der Waals surface area contributed by atoms with E-state index < -0.39 is 15.6 Å². The molecule has 0 atom stereocenters. The van der Waals surface area contributed by atoms with Gasteiger partial charge in [0.1, 0.15) is 0 Å². The highest BCUT2D eigenvalue weighted by Gasteiger charge is 2.35. The molecule has 0 radical (unpaired) electrons. The Morgan fingerprint density at radius 1 is 1.35 bits per heavy atom. The zero-order valence-corrected chi connectivity index (χ0v) is 11.4. The minimum Gasteiger partial charge on any atom is -0.329 e. The van der Waals surface area contributed by atoms with Crippen molar-refractivity contribution in [1.82, 2.24) is 4.72 Å². The summed E-state index contributed by atoms with van der Waals surface area (Å²) in [6, 6.07) is 1.94. The van der Waals surface area contributed by atoms with Crippen LogP contribution in [0.15, 0.2) is 0 Å². The van der Waals surface area contributed by atoms with Crippen molar-refractivity contribution in [3.05, 3.63) is 0 Å². The molecule has 0 heterocycles. The predicted octanol–water partition coefficient (Wildman–Crippen LogP) is 0.903. The van der Waals surface area contributed by atoms with E-state index in [4.69, 9.17) is 11.0 Å². The number of nitrogens with two attached hydrogens (primary N) is 1. The van der Waals surface area contributed by atoms with E-state index in [9.17, 15) is 8.42 Å². The Morgan fingerprint density at radius 2 is 1.94 bits per heavy atom. The van der Waals surface area contributed by atoms with Gasteiger partial charge in [0.15, 0.2) is 0 Å². The smallest absolute Gasteiger partial charge is 0.212 e. The van der Waals surface area contributed by atoms with Crippen molar-refractivity contribution >= 4 is 22.4 Å². The van der Waals surface area contributed by atoms with Crippen molar-refractivity contribution in [1.29, 1.82) is 5.26 Å². The Morgan fingerprint density at radius 3 is 2.41 bits per heavy atom. The Labute approximate surface area is 109 Å². The molecule has 17 heavy (non-hydrogen) atoms. The van der Waals surface area contributed by atoms with Crippen molar-refractivity contribution in [3.8, 4) is 6.07 Å². The summed E-state index contributed by atoms with van der Waals surface area (Å²) < 4.78 is 26.2. The van der Waals surface area contributed by atoms with Crippen LogP contribution in [-0.2, 0) is 10.0 Å². The van der Waals surface area contributed by atoms with Gasteiger partial charge in [-0.05, 0) is 19.3 Å². The van der Waals surface area contributed by atoms with E-state index in [0.717, 1.165) is 25.7 Å². The lowest BCUT2D eigenvalue weighted by molar-refractivity contribution is 0.399. The summed E-state index contributed by atoms with van der Waals surface area (Å²) in [4.78, 5) is 0. The minimum absolute atomic E-state index is 0. The number of halogens is 1. The highest BCUT2D eigenvalue weighted by Crippen LogP contribution is 2.29. The Kier molecular flexibility index (Phi) is 7.02. The Bertz CT molecular complexity index is 358. The van der Waals surface area contributed by atoms with Crippen molar-refractivity contribution in [2.45, 2.75) is 44.1 Å². The molecule has 7 heteroatoms. The van der Waals surface area contributed by atoms with Crippen molar-refractivity contribution in [2.75, 3.05) is 12.3 Å². The average molecular weight is 282 g/mol. The lowest BCUT2D eigenvalue weighted by atomic mass is 10.0. The first kappa shape index (κ1) is 16.6. The standard InChI is InChI=1S/C10H19N3O2S.ClH/c11-7-3-4-8-16(14,15)13-10(9-12)5-1-2-6-10;/h13H,1-6,8-9,12H2;1H. The molecule has 5 nitrogen and oxygen atoms in total. The molecule has 100 valence electrons. The molecule has 0 aromatic rings. The van der Waals surface area contributed by atoms with E-state index >= 15 is 0 Å². The summed E-state index contributed by atoms with van der Waals surface area (Å²) in [5.41, 5.74) is 5.23. The molecule has 3 N–H and O–H groups in total. The maximum atomic E-state index is 11.7. The van der Waals surface area contributed by atoms with Gasteiger partial charge in [-0.1, -0.05) is 12.8 Å². The van der Waals surface area contributed by atoms with E-state index in [-0.39, 0.29) is 24.6 Å². The van der Waals surface area contributed by atoms with Gasteiger partial charge in [-0.25, -0.2) is 13.1 Å². The molecule has 1 rings (SSSR count). The summed E-state index contributed by atoms with van der Waals surface area (Å²) in [5, 5.41) is 8.36. The van der Waals surface area contributed by atoms with E-state index in [1.807, 2.05) is 6.07 Å². The van der Waals surface area contributed by atoms with Gasteiger partial charge in [0.2, 0.25) is 10.0 Å². The van der Waals surface area contributed by atoms with Gasteiger partial charge in [-0.2, -0.15) is 5.26 Å². The minimum atomic E-state index is -3.29. The first-order valence-electron chi connectivity index (χ1n) is 5.62. The zero-order chi connectivity index (χ0) is 12.1. The molecule has 0 aromatic heterocycles. The number of unbranched alkanes of at least 4 members (excludes halogenated alkanes) is 1. The van der Waals surface area contributed by atoms with Crippen LogP contribution in [0.5, 0.6) is 0 Å². The van der Waals surface area contributed by atoms with Crippen molar-refractivity contribution < 1.29 is 8.42 Å². The van der Waals surface area contributed by atoms with Gasteiger partial charge in [-0.15, -0.1) is 12.4 Å². The summed E-state index contributed by atoms with van der Waals surface area (Å²) in [5.74, 6) is 0.0162. The third-order valence-electron chi connectivity index (χ3n) is 3.03. The fourth-order valence-corrected chi connectivity index (χ4v) is 3.70. The molecule has 1 saturated carbocycles. The van der Waals surface area contributed by atoms with Crippen LogP contribution in [0.3, 0.4) is 0 Å². The van der Waals surface area contributed by atoms with Crippen LogP contribution >= 0.6 is 12.4 Å². The number of nitrogens with zero attached hydrogens (tertiary/aromatic N) is 1. The van der Waals surface area contributed by atoms with Crippen LogP contribution in [0.25, 0.3) is 0 Å². The van der Waals surface area contributed by atoms with Crippen LogP contribution in [0.2, 0.25) is 0 Å². The molecule has 1 aliphatic rings. The SMILES string of the molecule is Cl.N#CCCCS(=O)(=O)NC1(CN)CCCC1. The first-order valence-corrected chi connectivity index (χ1v) is 7.27. The summed E-state index contributed by atoms with van der Waals surface area (Å²) >= 11 is 0. The second kappa shape index (κ2) is 7.17. The molecule has 0 spiro atoms. The van der Waals surface area contributed by atoms with Crippen LogP contribution < -0.4 is 10.5 Å². The molecule has 0 unspecified atom stereocenters. The van der Waals surface area contributed by atoms with E-state index in [2.05, 4.69) is 4.72 Å². The van der Waals surface area contributed by atoms with Gasteiger partial charge < -0.3 is 5.73 Å². The van der Waals surface area contributed by atoms with Crippen LogP contribution in [0, 0.1) is 11.3 Å². The normalized spacial score (nSPS) is 18.4. The van der Waals surface area contributed by atoms with Crippen molar-refractivity contribution in [3.63, 3.8) is 0 Å². The molecule has 0 bridgehead atoms. The zero-order valence-electron chi connectivity index (χ0n) is 9.81. The second-order valence-corrected chi connectivity index (χ2v) is 6.22. The molecule has 0 saturated heterocycles. The van der Waals surface area contributed by atoms with E-state index in [1.54, 1.807) is 0 Å². The number of hydrogen-bond acceptors (Lipinski definition) is 4. The molecular weight excluding hydrogens is 262 g/mol. The summed E-state index contributed by atoms with van der Waals surface area (Å²) in [6.07, 6.45) is 4.35. The third kappa shape index (κ3) is 5.21. The van der Waals surface area contributed by atoms with Gasteiger partial charge >= 0.3 is 0 Å². The summed E-state index contributed by atoms with van der Waals surface area (Å²) in [7, 11) is -3.29. The average Bonchev–Trinajstić information content (AvgIpc) is 2.66. The van der Waals surface area contributed by atoms with Gasteiger partial charge in [0, 0.05) is 18.5 Å². The number of nitriles is 1. The van der Waals surface area contributed by atoms with E-state index in [1.165, 1.54) is 0 Å². The van der Waals surface area contributed by atoms with Crippen LogP contribution in [-0.4, -0.2) is 26.3 Å². The molecule has 1 aliphatic carbocycles. The molecule has 0 aromatic carbocycles. The maximum Gasteiger partial charge on any atom is 0.212 e. The number of hydrogen-bond donors (Lipinski definition) is 2. The van der Waals surface area contributed by atoms with Gasteiger partial charge in [0.25, 0.3) is 0 Å². The topological polar surface area (TPSA) is 96.0 Å². The van der Waals surface area contributed by atoms with Crippen LogP contribution in [0.1, 0.15) is 38.5 Å². The number of nitrogens with one attached hydrogen (secondary N) is 1. The maximum absolute atomic E-state index is 11.7. The first-order chi connectivity index (χ1) is 7.54. The van der Waals surface area contributed by atoms with Crippen LogP contribution in [0.4, 0.5) is 0 Å². The summed E-state index contributed by atoms with van der Waals surface area (Å²) in [6.45, 7) is 0.352. The Balaban J connectivity index is 0.00000256. The fourth-order valence-electron chi connectivity index (χ4n) is 2.12. The Hall–Kier alpha value is -0.350. The molecule has 0 amide bonds. The highest BCUT2D eigenvalue weighted by atomic mass is 35.5. The van der Waals surface area contributed by atoms with Gasteiger partial charge in [-0.3, -0.25) is 0 Å². The third-order valence-corrected chi connectivity index (χ3v) is 4.60. The number of rotatable bonds is 6. The quantitative estimate of drug-likeness (QED) is 0.707. The second-order valence-electron chi connectivity index (χ2n) is 4.37. The fraction of sp³-hybridized carbons (Fsp3) is 0.900. The molecule has 0 aliphatic heterocycles.